The molecule has 6 saturated carbocycles. The molecule has 6 fully saturated rings. The summed E-state index contributed by atoms with van der Waals surface area (Å²) in [4.78, 5) is 27.1. The number of aliphatic hydroxyl groups is 4. The second-order valence-corrected chi connectivity index (χ2v) is 18.8. The normalized spacial score (nSPS) is 50.2. The van der Waals surface area contributed by atoms with Crippen LogP contribution in [-0.4, -0.2) is 74.8 Å². The number of carbonyl (C=O) groups excluding carboxylic acids is 2. The maximum absolute atomic E-state index is 13.9. The van der Waals surface area contributed by atoms with Gasteiger partial charge in [-0.3, -0.25) is 0 Å². The number of carbonyl (C=O) groups is 2. The van der Waals surface area contributed by atoms with E-state index < -0.39 is 57.6 Å². The van der Waals surface area contributed by atoms with Crippen molar-refractivity contribution >= 4 is 12.3 Å². The first kappa shape index (κ1) is 35.2. The van der Waals surface area contributed by atoms with Crippen molar-refractivity contribution in [3.05, 3.63) is 47.0 Å². The molecule has 0 unspecified atom stereocenters. The van der Waals surface area contributed by atoms with Gasteiger partial charge in [0.25, 0.3) is 0 Å². The van der Waals surface area contributed by atoms with Crippen LogP contribution in [0.15, 0.2) is 35.9 Å². The van der Waals surface area contributed by atoms with Gasteiger partial charge in [0.05, 0.1) is 22.7 Å². The van der Waals surface area contributed by atoms with E-state index in [0.717, 1.165) is 42.2 Å². The van der Waals surface area contributed by atoms with E-state index in [2.05, 4.69) is 43.1 Å². The number of likely N-dealkylation sites (N-methyl/N-ethyl adjacent to an activating group) is 1. The SMILES string of the molecule is CN[C@@H]1Cc2ccccc2C#CCC[C@]23CC[C@H]4[C@](O)(C[C@H]5C[C@@H](C(C)C)CC[C@@H]6[C@@H](O)CC[C@]4(C=O)[C@]56O)[C@@]2(O)C[C@H]2C[C@H]1[C@@H]1OC(=O)C=C1[C@@H]23. The fraction of sp³-hybridized carbons (Fsp3) is 0.727. The summed E-state index contributed by atoms with van der Waals surface area (Å²) < 4.78 is 6.20. The third kappa shape index (κ3) is 4.35. The first-order valence-corrected chi connectivity index (χ1v) is 20.3. The lowest BCUT2D eigenvalue weighted by atomic mass is 9.36. The highest BCUT2D eigenvalue weighted by Crippen LogP contribution is 2.77. The van der Waals surface area contributed by atoms with Crippen LogP contribution in [0.2, 0.25) is 0 Å². The van der Waals surface area contributed by atoms with E-state index in [9.17, 15) is 30.0 Å². The Bertz CT molecular complexity index is 1750. The van der Waals surface area contributed by atoms with E-state index in [4.69, 9.17) is 4.74 Å². The van der Waals surface area contributed by atoms with E-state index in [0.29, 0.717) is 63.7 Å². The molecule has 1 aromatic carbocycles. The summed E-state index contributed by atoms with van der Waals surface area (Å²) in [7, 11) is 1.97. The summed E-state index contributed by atoms with van der Waals surface area (Å²) in [5, 5.41) is 56.0. The monoisotopic (exact) mass is 711 g/mol. The highest BCUT2D eigenvalue weighted by Gasteiger charge is 2.82. The Labute approximate surface area is 308 Å². The van der Waals surface area contributed by atoms with Gasteiger partial charge in [-0.05, 0) is 131 Å². The van der Waals surface area contributed by atoms with Crippen LogP contribution in [0.4, 0.5) is 0 Å². The average molecular weight is 712 g/mol. The first-order valence-electron chi connectivity index (χ1n) is 20.3. The number of esters is 1. The van der Waals surface area contributed by atoms with Crippen molar-refractivity contribution in [2.45, 2.75) is 132 Å². The van der Waals surface area contributed by atoms with Crippen molar-refractivity contribution in [3.8, 4) is 11.8 Å². The van der Waals surface area contributed by atoms with Gasteiger partial charge < -0.3 is 35.3 Å². The number of fused-ring (bicyclic) bond motifs is 6. The smallest absolute Gasteiger partial charge is 0.331 e. The largest absolute Gasteiger partial charge is 0.454 e. The third-order valence-corrected chi connectivity index (χ3v) is 17.1. The Morgan fingerprint density at radius 2 is 1.83 bits per heavy atom. The molecule has 8 aliphatic carbocycles. The summed E-state index contributed by atoms with van der Waals surface area (Å²) in [6.45, 7) is 4.40. The number of rotatable bonds is 3. The van der Waals surface area contributed by atoms with Gasteiger partial charge in [0.1, 0.15) is 18.0 Å². The van der Waals surface area contributed by atoms with Gasteiger partial charge in [-0.25, -0.2) is 4.79 Å². The number of hydrogen-bond donors (Lipinski definition) is 5. The van der Waals surface area contributed by atoms with E-state index in [1.807, 2.05) is 19.2 Å². The quantitative estimate of drug-likeness (QED) is 0.176. The molecule has 9 aliphatic rings. The third-order valence-electron chi connectivity index (χ3n) is 17.1. The number of aliphatic hydroxyl groups excluding tert-OH is 1. The summed E-state index contributed by atoms with van der Waals surface area (Å²) in [6, 6.07) is 8.25. The molecule has 280 valence electrons. The minimum Gasteiger partial charge on any atom is -0.454 e. The van der Waals surface area contributed by atoms with Crippen LogP contribution in [0.5, 0.6) is 0 Å². The molecule has 0 amide bonds. The Kier molecular flexibility index (Phi) is 8.10. The zero-order valence-electron chi connectivity index (χ0n) is 31.0. The lowest BCUT2D eigenvalue weighted by molar-refractivity contribution is -0.343. The molecular formula is C44H57NO7. The van der Waals surface area contributed by atoms with E-state index in [-0.39, 0.29) is 42.1 Å². The molecule has 0 aromatic heterocycles. The molecule has 8 heteroatoms. The van der Waals surface area contributed by atoms with Gasteiger partial charge in [0.15, 0.2) is 0 Å². The topological polar surface area (TPSA) is 136 Å². The fourth-order valence-corrected chi connectivity index (χ4v) is 15.0. The van der Waals surface area contributed by atoms with Gasteiger partial charge in [-0.2, -0.15) is 0 Å². The minimum absolute atomic E-state index is 0.0129. The predicted molar refractivity (Wildman–Crippen MR) is 194 cm³/mol. The van der Waals surface area contributed by atoms with Gasteiger partial charge >= 0.3 is 5.97 Å². The zero-order chi connectivity index (χ0) is 36.4. The summed E-state index contributed by atoms with van der Waals surface area (Å²) in [6.07, 6.45) is 8.44. The first-order chi connectivity index (χ1) is 24.9. The second-order valence-electron chi connectivity index (χ2n) is 18.8. The van der Waals surface area contributed by atoms with Crippen LogP contribution in [0.25, 0.3) is 0 Å². The van der Waals surface area contributed by atoms with Crippen LogP contribution in [0.1, 0.15) is 102 Å². The fourth-order valence-electron chi connectivity index (χ4n) is 15.0. The van der Waals surface area contributed by atoms with Crippen molar-refractivity contribution in [2.75, 3.05) is 7.05 Å². The molecule has 5 N–H and O–H groups in total. The lowest BCUT2D eigenvalue weighted by Gasteiger charge is -2.72. The molecular weight excluding hydrogens is 654 g/mol. The van der Waals surface area contributed by atoms with Crippen LogP contribution in [0.3, 0.4) is 0 Å². The maximum atomic E-state index is 13.9. The van der Waals surface area contributed by atoms with Gasteiger partial charge in [0.2, 0.25) is 0 Å². The minimum atomic E-state index is -1.66. The number of hydrogen-bond acceptors (Lipinski definition) is 8. The molecule has 1 aromatic rings. The average Bonchev–Trinajstić information content (AvgIpc) is 3.57. The van der Waals surface area contributed by atoms with Crippen LogP contribution < -0.4 is 5.32 Å². The molecule has 8 nitrogen and oxygen atoms in total. The summed E-state index contributed by atoms with van der Waals surface area (Å²) in [5.74, 6) is 5.43. The molecule has 0 radical (unpaired) electrons. The van der Waals surface area contributed by atoms with Crippen LogP contribution >= 0.6 is 0 Å². The van der Waals surface area contributed by atoms with Crippen molar-refractivity contribution < 1.29 is 34.8 Å². The summed E-state index contributed by atoms with van der Waals surface area (Å²) >= 11 is 0. The molecule has 0 saturated heterocycles. The van der Waals surface area contributed by atoms with Crippen molar-refractivity contribution in [1.82, 2.24) is 5.32 Å². The van der Waals surface area contributed by atoms with E-state index in [1.165, 1.54) is 0 Å². The molecule has 1 aliphatic heterocycles. The maximum Gasteiger partial charge on any atom is 0.331 e. The van der Waals surface area contributed by atoms with Gasteiger partial charge in [-0.1, -0.05) is 43.9 Å². The molecule has 10 rings (SSSR count). The van der Waals surface area contributed by atoms with Crippen LogP contribution in [0, 0.1) is 70.0 Å². The van der Waals surface area contributed by atoms with Crippen molar-refractivity contribution in [2.24, 2.45) is 58.2 Å². The lowest BCUT2D eigenvalue weighted by Crippen LogP contribution is -2.80. The predicted octanol–water partition coefficient (Wildman–Crippen LogP) is 4.49. The Balaban J connectivity index is 1.22. The Hall–Kier alpha value is -2.54. The number of aldehydes is 1. The van der Waals surface area contributed by atoms with E-state index >= 15 is 0 Å². The molecule has 15 atom stereocenters. The number of benzene rings is 1. The van der Waals surface area contributed by atoms with Gasteiger partial charge in [-0.15, -0.1) is 0 Å². The zero-order valence-corrected chi connectivity index (χ0v) is 31.0. The Morgan fingerprint density at radius 1 is 1.02 bits per heavy atom. The van der Waals surface area contributed by atoms with Crippen molar-refractivity contribution in [3.63, 3.8) is 0 Å². The standard InChI is InChI=1S/C44H57NO7/c1-25(2)27-11-12-33-35(47)13-16-41(24-46)36-14-17-40-15-7-6-9-26-8-4-5-10-28(26)20-34(45-3)31-19-29(38(40)32-21-37(48)52-39(31)32)22-43(40,50)42(36,49)23-30(18-27)44(33,41)51/h4-5,8,10,21,24-25,27,29-31,33-36,38-39,45,47,49-51H,7,11-20,22-23H2,1-3H3/t27-,29+,30+,31+,33+,34+,35-,36+,38+,39-,40+,41+,42+,43+,44-/m0/s1. The molecule has 4 bridgehead atoms. The van der Waals surface area contributed by atoms with Gasteiger partial charge in [0, 0.05) is 47.3 Å². The molecule has 52 heavy (non-hydrogen) atoms. The number of ether oxygens (including phenoxy) is 1. The highest BCUT2D eigenvalue weighted by atomic mass is 16.5. The molecule has 1 heterocycles. The molecule has 1 spiro atoms. The summed E-state index contributed by atoms with van der Waals surface area (Å²) in [5.41, 5.74) is -3.70. The number of nitrogens with one attached hydrogen (secondary N) is 1. The van der Waals surface area contributed by atoms with E-state index in [1.54, 1.807) is 6.08 Å². The highest BCUT2D eigenvalue weighted by molar-refractivity contribution is 5.86. The van der Waals surface area contributed by atoms with Crippen molar-refractivity contribution in [1.29, 1.82) is 0 Å². The Morgan fingerprint density at radius 3 is 2.60 bits per heavy atom. The van der Waals surface area contributed by atoms with Crippen LogP contribution in [-0.2, 0) is 20.7 Å². The second kappa shape index (κ2) is 12.0.